The van der Waals surface area contributed by atoms with Gasteiger partial charge in [-0.1, -0.05) is 0 Å². The van der Waals surface area contributed by atoms with Crippen molar-refractivity contribution in [3.63, 3.8) is 0 Å². The first kappa shape index (κ1) is 17.0. The lowest BCUT2D eigenvalue weighted by Gasteiger charge is -2.25. The van der Waals surface area contributed by atoms with Crippen LogP contribution in [0.3, 0.4) is 0 Å². The number of halogens is 2. The molecular weight excluding hydrogens is 353 g/mol. The molecule has 0 unspecified atom stereocenters. The number of rotatable bonds is 6. The minimum absolute atomic E-state index is 0.361. The molecule has 3 rings (SSSR count). The Balaban J connectivity index is 2.42. The maximum atomic E-state index is 12.4. The number of hydrogen-bond acceptors (Lipinski definition) is 5. The van der Waals surface area contributed by atoms with Gasteiger partial charge >= 0.3 is 5.63 Å². The number of anilines is 1. The molecule has 2 aromatic heterocycles. The Bertz CT molecular complexity index is 926. The molecule has 0 atom stereocenters. The van der Waals surface area contributed by atoms with Gasteiger partial charge in [-0.2, -0.15) is 0 Å². The zero-order valence-corrected chi connectivity index (χ0v) is 14.9. The van der Waals surface area contributed by atoms with Gasteiger partial charge in [0.1, 0.15) is 0 Å². The molecule has 1 aromatic carbocycles. The molecule has 3 aromatic rings. The number of fused-ring (bicyclic) bond motifs is 2. The van der Waals surface area contributed by atoms with E-state index in [0.29, 0.717) is 47.3 Å². The summed E-state index contributed by atoms with van der Waals surface area (Å²) in [6.45, 7) is 2.88. The van der Waals surface area contributed by atoms with Gasteiger partial charge in [0.15, 0.2) is 11.2 Å². The second-order valence-corrected chi connectivity index (χ2v) is 6.11. The highest BCUT2D eigenvalue weighted by Gasteiger charge is 2.22. The predicted molar refractivity (Wildman–Crippen MR) is 97.2 cm³/mol. The van der Waals surface area contributed by atoms with E-state index in [1.807, 2.05) is 17.0 Å². The third-order valence-electron chi connectivity index (χ3n) is 3.99. The van der Waals surface area contributed by atoms with Crippen molar-refractivity contribution in [3.05, 3.63) is 34.4 Å². The largest absolute Gasteiger partial charge is 0.490 e. The number of ether oxygens (including phenoxy) is 1. The Morgan fingerprint density at radius 3 is 2.54 bits per heavy atom. The molecule has 0 spiro atoms. The third kappa shape index (κ3) is 2.72. The first-order chi connectivity index (χ1) is 11.6. The maximum Gasteiger partial charge on any atom is 0.341 e. The first-order valence-corrected chi connectivity index (χ1v) is 8.57. The van der Waals surface area contributed by atoms with Crippen molar-refractivity contribution in [1.82, 2.24) is 0 Å². The fourth-order valence-electron chi connectivity index (χ4n) is 2.94. The summed E-state index contributed by atoms with van der Waals surface area (Å²) < 4.78 is 16.4. The summed E-state index contributed by atoms with van der Waals surface area (Å²) >= 11 is 11.9. The summed E-state index contributed by atoms with van der Waals surface area (Å²) in [4.78, 5) is 14.4. The van der Waals surface area contributed by atoms with Crippen molar-refractivity contribution in [2.75, 3.05) is 36.9 Å². The molecule has 0 N–H and O–H groups in total. The van der Waals surface area contributed by atoms with Crippen LogP contribution in [-0.2, 0) is 0 Å². The van der Waals surface area contributed by atoms with Crippen LogP contribution in [0.25, 0.3) is 21.9 Å². The molecule has 7 heteroatoms. The van der Waals surface area contributed by atoms with Crippen LogP contribution in [0.15, 0.2) is 32.0 Å². The van der Waals surface area contributed by atoms with Gasteiger partial charge in [-0.3, -0.25) is 0 Å². The molecule has 0 radical (unpaired) electrons. The molecule has 128 valence electrons. The lowest BCUT2D eigenvalue weighted by Crippen LogP contribution is -2.30. The van der Waals surface area contributed by atoms with E-state index in [1.165, 1.54) is 7.11 Å². The predicted octanol–water partition coefficient (Wildman–Crippen LogP) is 4.14. The number of methoxy groups -OCH3 is 1. The van der Waals surface area contributed by atoms with Crippen molar-refractivity contribution < 1.29 is 13.6 Å². The maximum absolute atomic E-state index is 12.4. The topological polar surface area (TPSA) is 55.8 Å². The zero-order chi connectivity index (χ0) is 17.3. The summed E-state index contributed by atoms with van der Waals surface area (Å²) in [5.41, 5.74) is 1.77. The van der Waals surface area contributed by atoms with Crippen molar-refractivity contribution in [2.24, 2.45) is 0 Å². The van der Waals surface area contributed by atoms with E-state index in [0.717, 1.165) is 16.5 Å². The average Bonchev–Trinajstić information content (AvgIpc) is 3.02. The summed E-state index contributed by atoms with van der Waals surface area (Å²) in [5.74, 6) is 1.24. The van der Waals surface area contributed by atoms with Gasteiger partial charge in [-0.15, -0.1) is 23.2 Å². The smallest absolute Gasteiger partial charge is 0.341 e. The van der Waals surface area contributed by atoms with Gasteiger partial charge in [-0.05, 0) is 19.1 Å². The van der Waals surface area contributed by atoms with Crippen LogP contribution >= 0.6 is 23.2 Å². The van der Waals surface area contributed by atoms with E-state index < -0.39 is 5.63 Å². The van der Waals surface area contributed by atoms with Gasteiger partial charge < -0.3 is 18.5 Å². The molecule has 5 nitrogen and oxygen atoms in total. The monoisotopic (exact) mass is 369 g/mol. The second-order valence-electron chi connectivity index (χ2n) is 5.35. The minimum Gasteiger partial charge on any atom is -0.490 e. The van der Waals surface area contributed by atoms with E-state index in [-0.39, 0.29) is 0 Å². The molecule has 0 amide bonds. The fourth-order valence-corrected chi connectivity index (χ4v) is 3.35. The SMILES string of the molecule is COc1c2occc2cc2c(N(CCCl)CCCl)c(C)c(=O)oc12. The van der Waals surface area contributed by atoms with Crippen molar-refractivity contribution >= 4 is 50.8 Å². The normalized spacial score (nSPS) is 11.3. The van der Waals surface area contributed by atoms with Crippen molar-refractivity contribution in [2.45, 2.75) is 6.92 Å². The standard InChI is InChI=1S/C17H17Cl2NO4/c1-10-13(20(6-4-18)7-5-19)12-9-11-3-8-23-14(11)16(22-2)15(12)24-17(10)21/h3,8-9H,4-7H2,1-2H3. The van der Waals surface area contributed by atoms with Gasteiger partial charge in [0, 0.05) is 35.6 Å². The quantitative estimate of drug-likeness (QED) is 0.482. The number of alkyl halides is 2. The molecule has 24 heavy (non-hydrogen) atoms. The Hall–Kier alpha value is -1.85. The van der Waals surface area contributed by atoms with E-state index >= 15 is 0 Å². The zero-order valence-electron chi connectivity index (χ0n) is 13.4. The Labute approximate surface area is 148 Å². The van der Waals surface area contributed by atoms with Crippen molar-refractivity contribution in [1.29, 1.82) is 0 Å². The highest BCUT2D eigenvalue weighted by atomic mass is 35.5. The van der Waals surface area contributed by atoms with Crippen LogP contribution in [0.2, 0.25) is 0 Å². The van der Waals surface area contributed by atoms with Gasteiger partial charge in [0.05, 0.1) is 24.6 Å². The highest BCUT2D eigenvalue weighted by molar-refractivity contribution is 6.19. The summed E-state index contributed by atoms with van der Waals surface area (Å²) in [6, 6.07) is 3.77. The Morgan fingerprint density at radius 1 is 1.21 bits per heavy atom. The molecule has 0 aliphatic carbocycles. The number of hydrogen-bond donors (Lipinski definition) is 0. The molecule has 0 aliphatic heterocycles. The number of furan rings is 1. The molecule has 0 aliphatic rings. The molecule has 0 saturated carbocycles. The molecule has 0 fully saturated rings. The molecule has 2 heterocycles. The van der Waals surface area contributed by atoms with Crippen LogP contribution in [0.1, 0.15) is 5.56 Å². The lowest BCUT2D eigenvalue weighted by atomic mass is 10.1. The van der Waals surface area contributed by atoms with Gasteiger partial charge in [-0.25, -0.2) is 4.79 Å². The van der Waals surface area contributed by atoms with Crippen LogP contribution < -0.4 is 15.3 Å². The van der Waals surface area contributed by atoms with Gasteiger partial charge in [0.25, 0.3) is 0 Å². The fraction of sp³-hybridized carbons (Fsp3) is 0.353. The van der Waals surface area contributed by atoms with Crippen LogP contribution in [-0.4, -0.2) is 32.0 Å². The molecular formula is C17H17Cl2NO4. The summed E-state index contributed by atoms with van der Waals surface area (Å²) in [5, 5.41) is 1.64. The van der Waals surface area contributed by atoms with E-state index in [2.05, 4.69) is 0 Å². The van der Waals surface area contributed by atoms with E-state index in [1.54, 1.807) is 13.2 Å². The van der Waals surface area contributed by atoms with E-state index in [4.69, 9.17) is 36.8 Å². The van der Waals surface area contributed by atoms with Gasteiger partial charge in [0.2, 0.25) is 5.75 Å². The summed E-state index contributed by atoms with van der Waals surface area (Å²) in [6.07, 6.45) is 1.58. The van der Waals surface area contributed by atoms with Crippen LogP contribution in [0, 0.1) is 6.92 Å². The third-order valence-corrected chi connectivity index (χ3v) is 4.33. The molecule has 0 bridgehead atoms. The Kier molecular flexibility index (Phi) is 4.92. The molecule has 0 saturated heterocycles. The lowest BCUT2D eigenvalue weighted by molar-refractivity contribution is 0.402. The number of nitrogens with zero attached hydrogens (tertiary/aromatic N) is 1. The van der Waals surface area contributed by atoms with E-state index in [9.17, 15) is 4.79 Å². The summed E-state index contributed by atoms with van der Waals surface area (Å²) in [7, 11) is 1.52. The van der Waals surface area contributed by atoms with Crippen LogP contribution in [0.4, 0.5) is 5.69 Å². The second kappa shape index (κ2) is 6.95. The van der Waals surface area contributed by atoms with Crippen molar-refractivity contribution in [3.8, 4) is 5.75 Å². The minimum atomic E-state index is -0.421. The highest BCUT2D eigenvalue weighted by Crippen LogP contribution is 2.39. The first-order valence-electron chi connectivity index (χ1n) is 7.50. The average molecular weight is 370 g/mol. The van der Waals surface area contributed by atoms with Crippen LogP contribution in [0.5, 0.6) is 5.75 Å². The Morgan fingerprint density at radius 2 is 1.92 bits per heavy atom. The number of benzene rings is 1.